The van der Waals surface area contributed by atoms with Gasteiger partial charge in [0.2, 0.25) is 11.6 Å². The van der Waals surface area contributed by atoms with Crippen molar-refractivity contribution in [1.29, 1.82) is 5.26 Å². The highest BCUT2D eigenvalue weighted by atomic mass is 79.9. The molecule has 0 fully saturated rings. The third kappa shape index (κ3) is 3.14. The zero-order valence-electron chi connectivity index (χ0n) is 10.6. The van der Waals surface area contributed by atoms with E-state index in [4.69, 9.17) is 10.00 Å². The molecule has 8 heteroatoms. The third-order valence-corrected chi connectivity index (χ3v) is 3.13. The van der Waals surface area contributed by atoms with E-state index >= 15 is 0 Å². The molecule has 1 aromatic heterocycles. The first-order valence-electron chi connectivity index (χ1n) is 5.61. The van der Waals surface area contributed by atoms with E-state index in [1.165, 1.54) is 6.07 Å². The molecule has 0 unspecified atom stereocenters. The standard InChI is InChI=1S/C13H7BrFN3O3/c1-7-2-3-8(6-16)13(17-7)21-12-5-10(15)9(14)4-11(12)18(19)20/h2-5H,1H3. The monoisotopic (exact) mass is 351 g/mol. The van der Waals surface area contributed by atoms with Gasteiger partial charge in [0, 0.05) is 17.8 Å². The molecule has 0 amide bonds. The van der Waals surface area contributed by atoms with Crippen molar-refractivity contribution in [2.24, 2.45) is 0 Å². The summed E-state index contributed by atoms with van der Waals surface area (Å²) in [5, 5.41) is 20.0. The molecule has 0 bridgehead atoms. The predicted octanol–water partition coefficient (Wildman–Crippen LogP) is 3.86. The van der Waals surface area contributed by atoms with Gasteiger partial charge in [-0.2, -0.15) is 5.26 Å². The maximum Gasteiger partial charge on any atom is 0.312 e. The number of halogens is 2. The van der Waals surface area contributed by atoms with Gasteiger partial charge in [0.1, 0.15) is 17.4 Å². The second-order valence-corrected chi connectivity index (χ2v) is 4.86. The Morgan fingerprint density at radius 2 is 2.19 bits per heavy atom. The topological polar surface area (TPSA) is 89.0 Å². The van der Waals surface area contributed by atoms with Gasteiger partial charge < -0.3 is 4.74 Å². The molecule has 0 aliphatic rings. The number of aryl methyl sites for hydroxylation is 1. The van der Waals surface area contributed by atoms with Crippen LogP contribution in [0.3, 0.4) is 0 Å². The number of nitro benzene ring substituents is 1. The largest absolute Gasteiger partial charge is 0.430 e. The van der Waals surface area contributed by atoms with E-state index in [0.717, 1.165) is 12.1 Å². The first-order chi connectivity index (χ1) is 9.92. The number of ether oxygens (including phenoxy) is 1. The Bertz CT molecular complexity index is 774. The van der Waals surface area contributed by atoms with Crippen molar-refractivity contribution in [2.75, 3.05) is 0 Å². The first-order valence-corrected chi connectivity index (χ1v) is 6.40. The van der Waals surface area contributed by atoms with Gasteiger partial charge in [0.25, 0.3) is 0 Å². The van der Waals surface area contributed by atoms with Gasteiger partial charge in [-0.1, -0.05) is 0 Å². The quantitative estimate of drug-likeness (QED) is 0.618. The van der Waals surface area contributed by atoms with Crippen molar-refractivity contribution < 1.29 is 14.1 Å². The van der Waals surface area contributed by atoms with Crippen molar-refractivity contribution in [1.82, 2.24) is 4.98 Å². The van der Waals surface area contributed by atoms with Gasteiger partial charge in [-0.15, -0.1) is 0 Å². The van der Waals surface area contributed by atoms with Gasteiger partial charge in [0.05, 0.1) is 9.40 Å². The number of pyridine rings is 1. The van der Waals surface area contributed by atoms with Gasteiger partial charge in [-0.25, -0.2) is 9.37 Å². The molecule has 1 aromatic carbocycles. The van der Waals surface area contributed by atoms with E-state index in [1.54, 1.807) is 13.0 Å². The molecule has 2 rings (SSSR count). The summed E-state index contributed by atoms with van der Waals surface area (Å²) in [7, 11) is 0. The lowest BCUT2D eigenvalue weighted by Crippen LogP contribution is -1.98. The van der Waals surface area contributed by atoms with Gasteiger partial charge in [0.15, 0.2) is 0 Å². The number of hydrogen-bond acceptors (Lipinski definition) is 5. The molecule has 0 N–H and O–H groups in total. The Labute approximate surface area is 127 Å². The van der Waals surface area contributed by atoms with Crippen molar-refractivity contribution in [3.8, 4) is 17.7 Å². The molecule has 0 saturated heterocycles. The van der Waals surface area contributed by atoms with Crippen LogP contribution < -0.4 is 4.74 Å². The van der Waals surface area contributed by atoms with Crippen LogP contribution in [-0.4, -0.2) is 9.91 Å². The Kier molecular flexibility index (Phi) is 4.14. The van der Waals surface area contributed by atoms with Crippen molar-refractivity contribution in [2.45, 2.75) is 6.92 Å². The normalized spacial score (nSPS) is 10.0. The van der Waals surface area contributed by atoms with Crippen LogP contribution in [0.15, 0.2) is 28.7 Å². The second kappa shape index (κ2) is 5.85. The molecule has 0 spiro atoms. The smallest absolute Gasteiger partial charge is 0.312 e. The number of nitro groups is 1. The highest BCUT2D eigenvalue weighted by Gasteiger charge is 2.21. The molecule has 0 atom stereocenters. The third-order valence-electron chi connectivity index (χ3n) is 2.53. The first kappa shape index (κ1) is 14.9. The lowest BCUT2D eigenvalue weighted by atomic mass is 10.2. The lowest BCUT2D eigenvalue weighted by Gasteiger charge is -2.08. The van der Waals surface area contributed by atoms with Gasteiger partial charge in [-0.3, -0.25) is 10.1 Å². The van der Waals surface area contributed by atoms with Crippen LogP contribution in [0, 0.1) is 34.2 Å². The molecular weight excluding hydrogens is 345 g/mol. The Hall–Kier alpha value is -2.53. The summed E-state index contributed by atoms with van der Waals surface area (Å²) in [5.74, 6) is -1.15. The molecule has 0 aliphatic heterocycles. The van der Waals surface area contributed by atoms with E-state index < -0.39 is 16.4 Å². The number of nitriles is 1. The van der Waals surface area contributed by atoms with Crippen molar-refractivity contribution in [3.63, 3.8) is 0 Å². The minimum Gasteiger partial charge on any atom is -0.430 e. The van der Waals surface area contributed by atoms with E-state index in [1.807, 2.05) is 6.07 Å². The van der Waals surface area contributed by atoms with E-state index in [2.05, 4.69) is 20.9 Å². The fourth-order valence-electron chi connectivity index (χ4n) is 1.54. The highest BCUT2D eigenvalue weighted by molar-refractivity contribution is 9.10. The van der Waals surface area contributed by atoms with Gasteiger partial charge in [-0.05, 0) is 35.0 Å². The Balaban J connectivity index is 2.54. The summed E-state index contributed by atoms with van der Waals surface area (Å²) in [6.45, 7) is 1.67. The summed E-state index contributed by atoms with van der Waals surface area (Å²) in [5.41, 5.74) is 0.220. The average Bonchev–Trinajstić information content (AvgIpc) is 2.42. The fraction of sp³-hybridized carbons (Fsp3) is 0.0769. The predicted molar refractivity (Wildman–Crippen MR) is 74.5 cm³/mol. The van der Waals surface area contributed by atoms with Gasteiger partial charge >= 0.3 is 5.69 Å². The summed E-state index contributed by atoms with van der Waals surface area (Å²) in [4.78, 5) is 14.3. The zero-order chi connectivity index (χ0) is 15.6. The summed E-state index contributed by atoms with van der Waals surface area (Å²) in [6.07, 6.45) is 0. The number of hydrogen-bond donors (Lipinski definition) is 0. The molecule has 0 saturated carbocycles. The van der Waals surface area contributed by atoms with Crippen LogP contribution in [0.5, 0.6) is 11.6 Å². The second-order valence-electron chi connectivity index (χ2n) is 4.01. The molecular formula is C13H7BrFN3O3. The van der Waals surface area contributed by atoms with E-state index in [0.29, 0.717) is 5.69 Å². The van der Waals surface area contributed by atoms with E-state index in [-0.39, 0.29) is 21.7 Å². The maximum absolute atomic E-state index is 13.6. The van der Waals surface area contributed by atoms with E-state index in [9.17, 15) is 14.5 Å². The minimum absolute atomic E-state index is 0.0562. The summed E-state index contributed by atoms with van der Waals surface area (Å²) < 4.78 is 18.8. The molecule has 1 heterocycles. The van der Waals surface area contributed by atoms with Crippen LogP contribution in [0.4, 0.5) is 10.1 Å². The highest BCUT2D eigenvalue weighted by Crippen LogP contribution is 2.35. The van der Waals surface area contributed by atoms with Crippen LogP contribution >= 0.6 is 15.9 Å². The molecule has 2 aromatic rings. The molecule has 0 radical (unpaired) electrons. The van der Waals surface area contributed by atoms with Crippen molar-refractivity contribution >= 4 is 21.6 Å². The number of nitrogens with zero attached hydrogens (tertiary/aromatic N) is 3. The van der Waals surface area contributed by atoms with Crippen LogP contribution in [0.1, 0.15) is 11.3 Å². The fourth-order valence-corrected chi connectivity index (χ4v) is 1.87. The maximum atomic E-state index is 13.6. The van der Waals surface area contributed by atoms with Crippen LogP contribution in [-0.2, 0) is 0 Å². The minimum atomic E-state index is -0.721. The van der Waals surface area contributed by atoms with Crippen LogP contribution in [0.2, 0.25) is 0 Å². The molecule has 0 aliphatic carbocycles. The SMILES string of the molecule is Cc1ccc(C#N)c(Oc2cc(F)c(Br)cc2[N+](=O)[O-])n1. The average molecular weight is 352 g/mol. The number of aromatic nitrogens is 1. The Morgan fingerprint density at radius 3 is 2.81 bits per heavy atom. The number of rotatable bonds is 3. The molecule has 106 valence electrons. The summed E-state index contributed by atoms with van der Waals surface area (Å²) >= 11 is 2.87. The van der Waals surface area contributed by atoms with Crippen molar-refractivity contribution in [3.05, 3.63) is 55.9 Å². The van der Waals surface area contributed by atoms with Crippen LogP contribution in [0.25, 0.3) is 0 Å². The number of benzene rings is 1. The molecule has 6 nitrogen and oxygen atoms in total. The zero-order valence-corrected chi connectivity index (χ0v) is 12.2. The summed E-state index contributed by atoms with van der Waals surface area (Å²) in [6, 6.07) is 6.79. The lowest BCUT2D eigenvalue weighted by molar-refractivity contribution is -0.385. The Morgan fingerprint density at radius 1 is 1.48 bits per heavy atom. The molecule has 21 heavy (non-hydrogen) atoms.